The molecule has 0 N–H and O–H groups in total. The summed E-state index contributed by atoms with van der Waals surface area (Å²) in [6.07, 6.45) is 36.9. The van der Waals surface area contributed by atoms with E-state index in [9.17, 15) is 14.4 Å². The van der Waals surface area contributed by atoms with Crippen LogP contribution in [0.25, 0.3) is 0 Å². The Morgan fingerprint density at radius 1 is 0.458 bits per heavy atom. The van der Waals surface area contributed by atoms with Gasteiger partial charge in [0.15, 0.2) is 6.10 Å². The van der Waals surface area contributed by atoms with E-state index < -0.39 is 30.3 Å². The molecule has 0 aromatic heterocycles. The summed E-state index contributed by atoms with van der Waals surface area (Å²) >= 11 is 0. The summed E-state index contributed by atoms with van der Waals surface area (Å²) in [4.78, 5) is 34.8. The van der Waals surface area contributed by atoms with Gasteiger partial charge in [0, 0.05) is 24.6 Å². The number of hydrogen-bond donors (Lipinski definition) is 0. The van der Waals surface area contributed by atoms with Crippen molar-refractivity contribution in [2.45, 2.75) is 193 Å². The number of hydrogen-bond acceptors (Lipinski definition) is 7. The van der Waals surface area contributed by atoms with Crippen LogP contribution in [0.4, 0.5) is 0 Å². The molecule has 2 unspecified atom stereocenters. The average Bonchev–Trinajstić information content (AvgIpc) is 3.10. The van der Waals surface area contributed by atoms with Gasteiger partial charge in [0.1, 0.15) is 6.61 Å². The monoisotopic (exact) mass is 677 g/mol. The second-order valence-electron chi connectivity index (χ2n) is 13.1. The first-order valence-electron chi connectivity index (χ1n) is 19.5. The summed E-state index contributed by atoms with van der Waals surface area (Å²) in [5, 5.41) is 0. The lowest BCUT2D eigenvalue weighted by Crippen LogP contribution is -2.32. The molecule has 0 radical (unpaired) electrons. The van der Waals surface area contributed by atoms with Gasteiger partial charge >= 0.3 is 17.9 Å². The third-order valence-electron chi connectivity index (χ3n) is 8.70. The van der Waals surface area contributed by atoms with Crippen molar-refractivity contribution >= 4 is 17.9 Å². The highest BCUT2D eigenvalue weighted by Gasteiger charge is 2.20. The molecule has 0 aromatic rings. The molecule has 0 aliphatic rings. The molecule has 7 nitrogen and oxygen atoms in total. The zero-order chi connectivity index (χ0) is 35.3. The van der Waals surface area contributed by atoms with Gasteiger partial charge in [0.2, 0.25) is 6.29 Å². The van der Waals surface area contributed by atoms with Gasteiger partial charge in [-0.1, -0.05) is 187 Å². The quantitative estimate of drug-likeness (QED) is 0.0213. The summed E-state index contributed by atoms with van der Waals surface area (Å²) in [6.45, 7) is 12.1. The maximum atomic E-state index is 11.8. The van der Waals surface area contributed by atoms with Crippen LogP contribution in [0.1, 0.15) is 180 Å². The summed E-state index contributed by atoms with van der Waals surface area (Å²) in [5.74, 6) is -1.91. The van der Waals surface area contributed by atoms with Crippen LogP contribution in [-0.4, -0.2) is 43.5 Å². The third-order valence-corrected chi connectivity index (χ3v) is 8.70. The lowest BCUT2D eigenvalue weighted by atomic mass is 10.0. The Hall–Kier alpha value is -2.41. The van der Waals surface area contributed by atoms with E-state index in [1.807, 2.05) is 0 Å². The molecule has 0 rings (SSSR count). The van der Waals surface area contributed by atoms with E-state index in [1.54, 1.807) is 0 Å². The number of carbonyl (C=O) groups is 3. The Morgan fingerprint density at radius 2 is 0.792 bits per heavy atom. The molecule has 0 aromatic carbocycles. The fourth-order valence-electron chi connectivity index (χ4n) is 5.76. The molecule has 48 heavy (non-hydrogen) atoms. The molecule has 2 atom stereocenters. The predicted molar refractivity (Wildman–Crippen MR) is 198 cm³/mol. The molecule has 0 saturated heterocycles. The second-order valence-corrected chi connectivity index (χ2v) is 13.1. The van der Waals surface area contributed by atoms with Gasteiger partial charge in [-0.25, -0.2) is 14.4 Å². The Balaban J connectivity index is 3.74. The molecule has 278 valence electrons. The smallest absolute Gasteiger partial charge is 0.332 e. The fourth-order valence-corrected chi connectivity index (χ4v) is 5.76. The maximum Gasteiger partial charge on any atom is 0.332 e. The van der Waals surface area contributed by atoms with Crippen LogP contribution in [0.5, 0.6) is 0 Å². The van der Waals surface area contributed by atoms with Gasteiger partial charge in [0.05, 0.1) is 6.61 Å². The van der Waals surface area contributed by atoms with Gasteiger partial charge in [-0.05, 0) is 6.42 Å². The van der Waals surface area contributed by atoms with E-state index in [0.29, 0.717) is 6.42 Å². The first-order valence-corrected chi connectivity index (χ1v) is 19.5. The molecular formula is C41H72O7. The van der Waals surface area contributed by atoms with Crippen molar-refractivity contribution in [2.75, 3.05) is 13.2 Å². The van der Waals surface area contributed by atoms with Gasteiger partial charge in [-0.3, -0.25) is 0 Å². The van der Waals surface area contributed by atoms with Crippen molar-refractivity contribution in [3.8, 4) is 0 Å². The Kier molecular flexibility index (Phi) is 34.1. The molecule has 0 aliphatic carbocycles. The summed E-state index contributed by atoms with van der Waals surface area (Å²) in [7, 11) is 0. The predicted octanol–water partition coefficient (Wildman–Crippen LogP) is 11.4. The van der Waals surface area contributed by atoms with E-state index in [1.165, 1.54) is 148 Å². The molecule has 0 spiro atoms. The standard InChI is InChI=1S/C41H72O7/c1-5-9-10-11-12-13-14-15-16-17-18-19-20-21-22-23-24-25-26-27-28-29-30-31-32-33-34-41(48-40(44)8-4)46-36-37(47-39(43)7-3)35-45-38(42)6-2/h6-8,37,41H,2-5,9-36H2,1H3. The molecule has 0 bridgehead atoms. The van der Waals surface area contributed by atoms with E-state index in [-0.39, 0.29) is 13.2 Å². The normalized spacial score (nSPS) is 12.2. The molecule has 0 aliphatic heterocycles. The largest absolute Gasteiger partial charge is 0.458 e. The van der Waals surface area contributed by atoms with E-state index in [0.717, 1.165) is 37.5 Å². The van der Waals surface area contributed by atoms with Crippen LogP contribution >= 0.6 is 0 Å². The average molecular weight is 677 g/mol. The molecule has 0 amide bonds. The molecule has 0 heterocycles. The molecule has 0 fully saturated rings. The number of esters is 3. The minimum Gasteiger partial charge on any atom is -0.458 e. The lowest BCUT2D eigenvalue weighted by molar-refractivity contribution is -0.187. The van der Waals surface area contributed by atoms with Gasteiger partial charge in [0.25, 0.3) is 0 Å². The van der Waals surface area contributed by atoms with Crippen LogP contribution in [0.2, 0.25) is 0 Å². The van der Waals surface area contributed by atoms with Crippen molar-refractivity contribution in [3.05, 3.63) is 38.0 Å². The van der Waals surface area contributed by atoms with E-state index in [2.05, 4.69) is 26.7 Å². The Bertz CT molecular complexity index is 809. The van der Waals surface area contributed by atoms with Gasteiger partial charge in [-0.2, -0.15) is 0 Å². The van der Waals surface area contributed by atoms with E-state index in [4.69, 9.17) is 18.9 Å². The Labute approximate surface area is 294 Å². The topological polar surface area (TPSA) is 88.1 Å². The fraction of sp³-hybridized carbons (Fsp3) is 0.780. The van der Waals surface area contributed by atoms with Gasteiger partial charge in [-0.15, -0.1) is 0 Å². The second kappa shape index (κ2) is 35.9. The van der Waals surface area contributed by atoms with Crippen molar-refractivity contribution < 1.29 is 33.3 Å². The van der Waals surface area contributed by atoms with Crippen LogP contribution in [0, 0.1) is 0 Å². The van der Waals surface area contributed by atoms with Crippen molar-refractivity contribution in [1.29, 1.82) is 0 Å². The van der Waals surface area contributed by atoms with Crippen LogP contribution in [0.3, 0.4) is 0 Å². The molecular weight excluding hydrogens is 604 g/mol. The SMILES string of the molecule is C=CC(=O)OCC(COC(CCCCCCCCCCCCCCCCCCCCCCCCCCCC)OC(=O)C=C)OC(=O)C=C. The zero-order valence-electron chi connectivity index (χ0n) is 30.9. The van der Waals surface area contributed by atoms with Crippen LogP contribution in [-0.2, 0) is 33.3 Å². The van der Waals surface area contributed by atoms with Crippen molar-refractivity contribution in [2.24, 2.45) is 0 Å². The van der Waals surface area contributed by atoms with Gasteiger partial charge < -0.3 is 18.9 Å². The summed E-state index contributed by atoms with van der Waals surface area (Å²) < 4.78 is 21.2. The zero-order valence-corrected chi connectivity index (χ0v) is 30.9. The van der Waals surface area contributed by atoms with Crippen LogP contribution < -0.4 is 0 Å². The van der Waals surface area contributed by atoms with Crippen LogP contribution in [0.15, 0.2) is 38.0 Å². The first kappa shape index (κ1) is 45.6. The first-order chi connectivity index (χ1) is 23.5. The summed E-state index contributed by atoms with van der Waals surface area (Å²) in [6, 6.07) is 0. The highest BCUT2D eigenvalue weighted by Crippen LogP contribution is 2.17. The number of unbranched alkanes of at least 4 members (excludes halogenated alkanes) is 25. The lowest BCUT2D eigenvalue weighted by Gasteiger charge is -2.22. The van der Waals surface area contributed by atoms with Crippen molar-refractivity contribution in [1.82, 2.24) is 0 Å². The maximum absolute atomic E-state index is 11.8. The molecule has 7 heteroatoms. The number of ether oxygens (including phenoxy) is 4. The van der Waals surface area contributed by atoms with E-state index >= 15 is 0 Å². The minimum atomic E-state index is -0.877. The minimum absolute atomic E-state index is 0.113. The Morgan fingerprint density at radius 3 is 1.15 bits per heavy atom. The third kappa shape index (κ3) is 32.2. The molecule has 0 saturated carbocycles. The van der Waals surface area contributed by atoms with Crippen molar-refractivity contribution in [3.63, 3.8) is 0 Å². The number of rotatable bonds is 37. The highest BCUT2D eigenvalue weighted by molar-refractivity contribution is 5.82. The summed E-state index contributed by atoms with van der Waals surface area (Å²) in [5.41, 5.74) is 0. The highest BCUT2D eigenvalue weighted by atomic mass is 16.7. The number of carbonyl (C=O) groups excluding carboxylic acids is 3.